The fourth-order valence-electron chi connectivity index (χ4n) is 2.39. The molecule has 1 aromatic rings. The van der Waals surface area contributed by atoms with Gasteiger partial charge >= 0.3 is 0 Å². The molecule has 2 rings (SSSR count). The molecule has 19 heavy (non-hydrogen) atoms. The molecule has 0 bridgehead atoms. The van der Waals surface area contributed by atoms with E-state index in [1.165, 1.54) is 0 Å². The van der Waals surface area contributed by atoms with Crippen LogP contribution in [0.1, 0.15) is 30.9 Å². The summed E-state index contributed by atoms with van der Waals surface area (Å²) in [5, 5.41) is 2.96. The number of methoxy groups -OCH3 is 1. The van der Waals surface area contributed by atoms with E-state index >= 15 is 0 Å². The van der Waals surface area contributed by atoms with Crippen LogP contribution in [0.4, 0.5) is 0 Å². The first-order valence-electron chi connectivity index (χ1n) is 6.80. The molecule has 0 heterocycles. The number of carbonyl (C=O) groups excluding carboxylic acids is 1. The van der Waals surface area contributed by atoms with Gasteiger partial charge in [-0.05, 0) is 24.3 Å². The van der Waals surface area contributed by atoms with Gasteiger partial charge in [-0.25, -0.2) is 0 Å². The van der Waals surface area contributed by atoms with Gasteiger partial charge in [0.15, 0.2) is 0 Å². The van der Waals surface area contributed by atoms with Crippen molar-refractivity contribution in [1.82, 2.24) is 5.32 Å². The Hall–Kier alpha value is -1.61. The zero-order valence-electron chi connectivity index (χ0n) is 11.3. The molecule has 3 nitrogen and oxygen atoms in total. The molecule has 1 aromatic carbocycles. The highest BCUT2D eigenvalue weighted by Crippen LogP contribution is 2.20. The molecule has 0 spiro atoms. The molecule has 3 heteroatoms. The average Bonchev–Trinajstić information content (AvgIpc) is 2.93. The number of amides is 1. The Kier molecular flexibility index (Phi) is 5.16. The summed E-state index contributed by atoms with van der Waals surface area (Å²) in [6.45, 7) is 0.524. The molecular formula is C16H21NO2. The number of benzene rings is 1. The van der Waals surface area contributed by atoms with Crippen molar-refractivity contribution in [3.8, 4) is 0 Å². The Morgan fingerprint density at radius 3 is 2.84 bits per heavy atom. The van der Waals surface area contributed by atoms with Crippen molar-refractivity contribution >= 4 is 5.91 Å². The Morgan fingerprint density at radius 2 is 2.21 bits per heavy atom. The van der Waals surface area contributed by atoms with Gasteiger partial charge in [0, 0.05) is 20.1 Å². The molecule has 1 aliphatic carbocycles. The molecule has 0 radical (unpaired) electrons. The van der Waals surface area contributed by atoms with Gasteiger partial charge in [0.05, 0.1) is 6.10 Å². The zero-order valence-corrected chi connectivity index (χ0v) is 11.3. The van der Waals surface area contributed by atoms with Crippen LogP contribution in [-0.2, 0) is 9.53 Å². The smallest absolute Gasteiger partial charge is 0.220 e. The Morgan fingerprint density at radius 1 is 1.42 bits per heavy atom. The lowest BCUT2D eigenvalue weighted by atomic mass is 10.0. The highest BCUT2D eigenvalue weighted by atomic mass is 16.5. The van der Waals surface area contributed by atoms with Crippen LogP contribution in [0.2, 0.25) is 0 Å². The first-order valence-corrected chi connectivity index (χ1v) is 6.80. The van der Waals surface area contributed by atoms with E-state index in [-0.39, 0.29) is 12.0 Å². The van der Waals surface area contributed by atoms with E-state index in [1.54, 1.807) is 7.11 Å². The van der Waals surface area contributed by atoms with Crippen LogP contribution in [-0.4, -0.2) is 19.6 Å². The van der Waals surface area contributed by atoms with E-state index in [2.05, 4.69) is 17.5 Å². The first-order chi connectivity index (χ1) is 9.29. The van der Waals surface area contributed by atoms with Crippen LogP contribution in [0.3, 0.4) is 0 Å². The van der Waals surface area contributed by atoms with Crippen LogP contribution in [0.15, 0.2) is 42.5 Å². The van der Waals surface area contributed by atoms with Crippen LogP contribution >= 0.6 is 0 Å². The monoisotopic (exact) mass is 259 g/mol. The minimum atomic E-state index is -0.0794. The Balaban J connectivity index is 1.79. The molecular weight excluding hydrogens is 238 g/mol. The van der Waals surface area contributed by atoms with E-state index in [1.807, 2.05) is 30.3 Å². The van der Waals surface area contributed by atoms with Gasteiger partial charge in [-0.1, -0.05) is 42.5 Å². The second-order valence-corrected chi connectivity index (χ2v) is 4.91. The summed E-state index contributed by atoms with van der Waals surface area (Å²) < 4.78 is 5.43. The van der Waals surface area contributed by atoms with Crippen LogP contribution in [0.5, 0.6) is 0 Å². The van der Waals surface area contributed by atoms with E-state index in [4.69, 9.17) is 4.74 Å². The number of carbonyl (C=O) groups is 1. The Bertz CT molecular complexity index is 428. The third-order valence-electron chi connectivity index (χ3n) is 3.50. The summed E-state index contributed by atoms with van der Waals surface area (Å²) in [6, 6.07) is 9.96. The molecule has 1 aliphatic rings. The molecule has 2 atom stereocenters. The second-order valence-electron chi connectivity index (χ2n) is 4.91. The summed E-state index contributed by atoms with van der Waals surface area (Å²) in [7, 11) is 1.67. The lowest BCUT2D eigenvalue weighted by molar-refractivity contribution is -0.122. The van der Waals surface area contributed by atoms with Crippen molar-refractivity contribution in [2.75, 3.05) is 13.7 Å². The minimum Gasteiger partial charge on any atom is -0.375 e. The SMILES string of the molecule is COC(CNC(=O)CC1C=CCC1)c1ccccc1. The lowest BCUT2D eigenvalue weighted by Crippen LogP contribution is -2.30. The molecule has 102 valence electrons. The molecule has 2 unspecified atom stereocenters. The molecule has 0 aliphatic heterocycles. The van der Waals surface area contributed by atoms with Gasteiger partial charge in [-0.15, -0.1) is 0 Å². The van der Waals surface area contributed by atoms with E-state index in [0.717, 1.165) is 18.4 Å². The standard InChI is InChI=1S/C16H21NO2/c1-19-15(14-9-3-2-4-10-14)12-17-16(18)11-13-7-5-6-8-13/h2-5,7,9-10,13,15H,6,8,11-12H2,1H3,(H,17,18). The van der Waals surface area contributed by atoms with E-state index in [0.29, 0.717) is 18.9 Å². The summed E-state index contributed by atoms with van der Waals surface area (Å²) in [4.78, 5) is 11.9. The summed E-state index contributed by atoms with van der Waals surface area (Å²) in [5.41, 5.74) is 1.09. The maximum absolute atomic E-state index is 11.9. The normalized spacial score (nSPS) is 19.3. The number of ether oxygens (including phenoxy) is 1. The largest absolute Gasteiger partial charge is 0.375 e. The average molecular weight is 259 g/mol. The van der Waals surface area contributed by atoms with Gasteiger partial charge in [-0.2, -0.15) is 0 Å². The van der Waals surface area contributed by atoms with Crippen molar-refractivity contribution in [2.24, 2.45) is 5.92 Å². The topological polar surface area (TPSA) is 38.3 Å². The van der Waals surface area contributed by atoms with Gasteiger partial charge in [-0.3, -0.25) is 4.79 Å². The predicted molar refractivity (Wildman–Crippen MR) is 75.7 cm³/mol. The van der Waals surface area contributed by atoms with Crippen molar-refractivity contribution in [3.63, 3.8) is 0 Å². The maximum Gasteiger partial charge on any atom is 0.220 e. The molecule has 0 aromatic heterocycles. The van der Waals surface area contributed by atoms with E-state index < -0.39 is 0 Å². The summed E-state index contributed by atoms with van der Waals surface area (Å²) >= 11 is 0. The third-order valence-corrected chi connectivity index (χ3v) is 3.50. The van der Waals surface area contributed by atoms with E-state index in [9.17, 15) is 4.79 Å². The number of nitrogens with one attached hydrogen (secondary N) is 1. The highest BCUT2D eigenvalue weighted by Gasteiger charge is 2.16. The van der Waals surface area contributed by atoms with Crippen molar-refractivity contribution in [3.05, 3.63) is 48.0 Å². The van der Waals surface area contributed by atoms with Crippen molar-refractivity contribution < 1.29 is 9.53 Å². The van der Waals surface area contributed by atoms with Gasteiger partial charge < -0.3 is 10.1 Å². The van der Waals surface area contributed by atoms with Crippen LogP contribution < -0.4 is 5.32 Å². The quantitative estimate of drug-likeness (QED) is 0.798. The van der Waals surface area contributed by atoms with Gasteiger partial charge in [0.1, 0.15) is 0 Å². The number of hydrogen-bond donors (Lipinski definition) is 1. The fourth-order valence-corrected chi connectivity index (χ4v) is 2.39. The maximum atomic E-state index is 11.9. The first kappa shape index (κ1) is 13.8. The lowest BCUT2D eigenvalue weighted by Gasteiger charge is -2.17. The van der Waals surface area contributed by atoms with Crippen molar-refractivity contribution in [2.45, 2.75) is 25.4 Å². The minimum absolute atomic E-state index is 0.0794. The number of hydrogen-bond acceptors (Lipinski definition) is 2. The number of allylic oxidation sites excluding steroid dienone is 2. The number of rotatable bonds is 6. The predicted octanol–water partition coefficient (Wildman–Crippen LogP) is 2.85. The second kappa shape index (κ2) is 7.10. The molecule has 0 fully saturated rings. The molecule has 1 amide bonds. The third kappa shape index (κ3) is 4.21. The van der Waals surface area contributed by atoms with Gasteiger partial charge in [0.2, 0.25) is 5.91 Å². The zero-order chi connectivity index (χ0) is 13.5. The van der Waals surface area contributed by atoms with Crippen molar-refractivity contribution in [1.29, 1.82) is 0 Å². The van der Waals surface area contributed by atoms with Crippen LogP contribution in [0.25, 0.3) is 0 Å². The summed E-state index contributed by atoms with van der Waals surface area (Å²) in [5.74, 6) is 0.521. The fraction of sp³-hybridized carbons (Fsp3) is 0.438. The summed E-state index contributed by atoms with van der Waals surface area (Å²) in [6.07, 6.45) is 7.00. The Labute approximate surface area is 114 Å². The van der Waals surface area contributed by atoms with Gasteiger partial charge in [0.25, 0.3) is 0 Å². The molecule has 0 saturated heterocycles. The highest BCUT2D eigenvalue weighted by molar-refractivity contribution is 5.76. The molecule has 1 N–H and O–H groups in total. The van der Waals surface area contributed by atoms with Crippen LogP contribution in [0, 0.1) is 5.92 Å². The molecule has 0 saturated carbocycles.